The highest BCUT2D eigenvalue weighted by molar-refractivity contribution is 6.74. The van der Waals surface area contributed by atoms with Gasteiger partial charge >= 0.3 is 5.97 Å². The highest BCUT2D eigenvalue weighted by atomic mass is 28.4. The molecule has 8 nitrogen and oxygen atoms in total. The second-order valence-corrected chi connectivity index (χ2v) is 17.6. The van der Waals surface area contributed by atoms with Gasteiger partial charge in [-0.2, -0.15) is 0 Å². The smallest absolute Gasteiger partial charge is 0.311 e. The summed E-state index contributed by atoms with van der Waals surface area (Å²) in [6.07, 6.45) is -2.25. The van der Waals surface area contributed by atoms with Crippen molar-refractivity contribution < 1.29 is 38.0 Å². The van der Waals surface area contributed by atoms with Crippen LogP contribution in [0.3, 0.4) is 0 Å². The minimum atomic E-state index is -1.98. The van der Waals surface area contributed by atoms with Gasteiger partial charge in [-0.25, -0.2) is 0 Å². The number of rotatable bonds is 8. The van der Waals surface area contributed by atoms with Crippen LogP contribution in [-0.2, 0) is 32.9 Å². The fourth-order valence-electron chi connectivity index (χ4n) is 4.15. The summed E-state index contributed by atoms with van der Waals surface area (Å²) in [4.78, 5) is 12.3. The van der Waals surface area contributed by atoms with E-state index in [1.165, 1.54) is 0 Å². The van der Waals surface area contributed by atoms with E-state index in [9.17, 15) is 9.90 Å². The predicted molar refractivity (Wildman–Crippen MR) is 132 cm³/mol. The number of esters is 1. The summed E-state index contributed by atoms with van der Waals surface area (Å²) in [6, 6.07) is 0. The second kappa shape index (κ2) is 10.8. The van der Waals surface area contributed by atoms with Crippen LogP contribution in [0.4, 0.5) is 0 Å². The zero-order valence-electron chi connectivity index (χ0n) is 23.1. The number of fused-ring (bicyclic) bond motifs is 1. The highest BCUT2D eigenvalue weighted by Crippen LogP contribution is 2.44. The zero-order chi connectivity index (χ0) is 26.1. The van der Waals surface area contributed by atoms with Crippen molar-refractivity contribution >= 4 is 14.3 Å². The van der Waals surface area contributed by atoms with Crippen molar-refractivity contribution in [3.63, 3.8) is 0 Å². The van der Waals surface area contributed by atoms with Gasteiger partial charge in [0.05, 0.1) is 30.3 Å². The van der Waals surface area contributed by atoms with Gasteiger partial charge in [-0.05, 0) is 38.9 Å². The molecular weight excluding hydrogens is 456 g/mol. The molecule has 0 bridgehead atoms. The minimum Gasteiger partial charge on any atom is -0.462 e. The van der Waals surface area contributed by atoms with E-state index < -0.39 is 37.5 Å². The molecule has 0 spiro atoms. The first-order valence-corrected chi connectivity index (χ1v) is 15.2. The maximum Gasteiger partial charge on any atom is 0.311 e. The van der Waals surface area contributed by atoms with Crippen molar-refractivity contribution in [3.8, 4) is 0 Å². The number of aliphatic hydroxyl groups is 1. The molecule has 0 aliphatic carbocycles. The Hall–Kier alpha value is -0.553. The Kier molecular flexibility index (Phi) is 9.45. The first kappa shape index (κ1) is 29.7. The predicted octanol–water partition coefficient (Wildman–Crippen LogP) is 3.90. The van der Waals surface area contributed by atoms with Gasteiger partial charge in [-0.15, -0.1) is 0 Å². The monoisotopic (exact) mass is 504 g/mol. The molecular formula is C25H48O8Si. The summed E-state index contributed by atoms with van der Waals surface area (Å²) in [6.45, 7) is 20.9. The SMILES string of the molecule is CO[C@@H]1[C@H]2OCO[C@H](COC(=O)C(C)(C)C)[C@H]2O[C@H](C[C@@H](O)CO[Si](C)(C)C(C)(C)C)C1(C)C. The van der Waals surface area contributed by atoms with Gasteiger partial charge in [-0.1, -0.05) is 34.6 Å². The molecule has 6 atom stereocenters. The van der Waals surface area contributed by atoms with Crippen molar-refractivity contribution in [2.24, 2.45) is 10.8 Å². The Morgan fingerprint density at radius 3 is 2.26 bits per heavy atom. The standard InChI is InChI=1S/C25H48O8Si/c1-23(2,3)22(27)29-14-17-19-20(31-15-30-17)21(28-9)25(7,8)18(33-19)12-16(26)13-32-34(10,11)24(4,5)6/h16-21,26H,12-15H2,1-11H3/t16-,17-,18-,19-,20+,21-/m1/s1. The normalized spacial score (nSPS) is 31.0. The van der Waals surface area contributed by atoms with E-state index in [1.807, 2.05) is 20.8 Å². The van der Waals surface area contributed by atoms with Crippen LogP contribution in [0, 0.1) is 10.8 Å². The lowest BCUT2D eigenvalue weighted by atomic mass is 9.72. The number of methoxy groups -OCH3 is 1. The molecule has 2 fully saturated rings. The molecule has 0 amide bonds. The minimum absolute atomic E-state index is 0.0657. The van der Waals surface area contributed by atoms with E-state index in [0.717, 1.165) is 0 Å². The van der Waals surface area contributed by atoms with E-state index >= 15 is 0 Å². The number of ether oxygens (including phenoxy) is 5. The first-order chi connectivity index (χ1) is 15.4. The number of hydrogen-bond donors (Lipinski definition) is 1. The van der Waals surface area contributed by atoms with E-state index in [2.05, 4.69) is 47.7 Å². The average molecular weight is 505 g/mol. The average Bonchev–Trinajstić information content (AvgIpc) is 2.69. The third-order valence-electron chi connectivity index (χ3n) is 7.59. The molecule has 0 radical (unpaired) electrons. The number of carbonyl (C=O) groups is 1. The third kappa shape index (κ3) is 6.81. The molecule has 2 rings (SSSR count). The van der Waals surface area contributed by atoms with Crippen molar-refractivity contribution in [2.45, 2.75) is 117 Å². The number of aliphatic hydroxyl groups excluding tert-OH is 1. The molecule has 2 aliphatic rings. The first-order valence-electron chi connectivity index (χ1n) is 12.3. The van der Waals surface area contributed by atoms with Crippen molar-refractivity contribution in [3.05, 3.63) is 0 Å². The van der Waals surface area contributed by atoms with Crippen LogP contribution in [0.1, 0.15) is 61.8 Å². The van der Waals surface area contributed by atoms with Crippen LogP contribution < -0.4 is 0 Å². The Labute approximate surface area is 207 Å². The third-order valence-corrected chi connectivity index (χ3v) is 12.1. The van der Waals surface area contributed by atoms with Crippen LogP contribution in [0.2, 0.25) is 18.1 Å². The van der Waals surface area contributed by atoms with Crippen LogP contribution in [0.25, 0.3) is 0 Å². The molecule has 0 aromatic rings. The molecule has 0 aromatic heterocycles. The quantitative estimate of drug-likeness (QED) is 0.393. The molecule has 2 saturated heterocycles. The molecule has 34 heavy (non-hydrogen) atoms. The van der Waals surface area contributed by atoms with Crippen molar-refractivity contribution in [1.82, 2.24) is 0 Å². The summed E-state index contributed by atoms with van der Waals surface area (Å²) >= 11 is 0. The van der Waals surface area contributed by atoms with Gasteiger partial charge < -0.3 is 33.2 Å². The van der Waals surface area contributed by atoms with Crippen molar-refractivity contribution in [2.75, 3.05) is 27.1 Å². The molecule has 2 heterocycles. The fraction of sp³-hybridized carbons (Fsp3) is 0.960. The largest absolute Gasteiger partial charge is 0.462 e. The molecule has 0 saturated carbocycles. The Morgan fingerprint density at radius 1 is 1.12 bits per heavy atom. The van der Waals surface area contributed by atoms with Crippen LogP contribution >= 0.6 is 0 Å². The van der Waals surface area contributed by atoms with Crippen LogP contribution in [0.5, 0.6) is 0 Å². The number of carbonyl (C=O) groups excluding carboxylic acids is 1. The molecule has 0 aromatic carbocycles. The lowest BCUT2D eigenvalue weighted by Gasteiger charge is -2.54. The Balaban J connectivity index is 2.13. The Bertz CT molecular complexity index is 681. The molecule has 9 heteroatoms. The lowest BCUT2D eigenvalue weighted by molar-refractivity contribution is -0.332. The maximum atomic E-state index is 12.3. The second-order valence-electron chi connectivity index (χ2n) is 12.8. The van der Waals surface area contributed by atoms with Crippen molar-refractivity contribution in [1.29, 1.82) is 0 Å². The van der Waals surface area contributed by atoms with E-state index in [0.29, 0.717) is 6.42 Å². The fourth-order valence-corrected chi connectivity index (χ4v) is 5.20. The summed E-state index contributed by atoms with van der Waals surface area (Å²) < 4.78 is 35.9. The van der Waals surface area contributed by atoms with Gasteiger partial charge in [0.1, 0.15) is 31.7 Å². The van der Waals surface area contributed by atoms with E-state index in [4.69, 9.17) is 28.1 Å². The van der Waals surface area contributed by atoms with Gasteiger partial charge in [0, 0.05) is 18.9 Å². The molecule has 0 unspecified atom stereocenters. The highest BCUT2D eigenvalue weighted by Gasteiger charge is 2.56. The zero-order valence-corrected chi connectivity index (χ0v) is 24.1. The van der Waals surface area contributed by atoms with Gasteiger partial charge in [-0.3, -0.25) is 4.79 Å². The molecule has 2 aliphatic heterocycles. The summed E-state index contributed by atoms with van der Waals surface area (Å²) in [5.41, 5.74) is -1.04. The number of hydrogen-bond acceptors (Lipinski definition) is 8. The summed E-state index contributed by atoms with van der Waals surface area (Å²) in [7, 11) is -0.317. The Morgan fingerprint density at radius 2 is 1.74 bits per heavy atom. The maximum absolute atomic E-state index is 12.3. The molecule has 200 valence electrons. The van der Waals surface area contributed by atoms with E-state index in [1.54, 1.807) is 7.11 Å². The summed E-state index contributed by atoms with van der Waals surface area (Å²) in [5.74, 6) is -0.298. The van der Waals surface area contributed by atoms with Crippen LogP contribution in [-0.4, -0.2) is 83.1 Å². The topological polar surface area (TPSA) is 92.7 Å². The van der Waals surface area contributed by atoms with Gasteiger partial charge in [0.25, 0.3) is 0 Å². The lowest BCUT2D eigenvalue weighted by Crippen LogP contribution is -2.66. The van der Waals surface area contributed by atoms with Gasteiger partial charge in [0.2, 0.25) is 0 Å². The van der Waals surface area contributed by atoms with Gasteiger partial charge in [0.15, 0.2) is 8.32 Å². The van der Waals surface area contributed by atoms with Crippen LogP contribution in [0.15, 0.2) is 0 Å². The van der Waals surface area contributed by atoms with E-state index in [-0.39, 0.29) is 49.3 Å². The summed E-state index contributed by atoms with van der Waals surface area (Å²) in [5, 5.41) is 11.0. The molecule has 1 N–H and O–H groups in total.